The molecule has 1 aliphatic rings. The first-order chi connectivity index (χ1) is 14.2. The lowest BCUT2D eigenvalue weighted by molar-refractivity contribution is 0.140. The number of aliphatic imine (C=N–C) groups is 1. The second-order valence-corrected chi connectivity index (χ2v) is 7.03. The minimum atomic E-state index is 0.128. The van der Waals surface area contributed by atoms with E-state index in [1.54, 1.807) is 7.05 Å². The number of rotatable bonds is 8. The normalized spacial score (nSPS) is 16.5. The van der Waals surface area contributed by atoms with E-state index in [2.05, 4.69) is 46.8 Å². The van der Waals surface area contributed by atoms with Crippen LogP contribution < -0.4 is 20.1 Å². The SMILES string of the molecule is CCOc1ccccc1CNC(=NC)NCc1ccc(C)cc1OC1CCOC1. The highest BCUT2D eigenvalue weighted by molar-refractivity contribution is 5.79. The number of hydrogen-bond donors (Lipinski definition) is 2. The molecule has 2 aromatic carbocycles. The van der Waals surface area contributed by atoms with Crippen LogP contribution in [0.5, 0.6) is 11.5 Å². The van der Waals surface area contributed by atoms with Gasteiger partial charge in [-0.15, -0.1) is 0 Å². The van der Waals surface area contributed by atoms with Gasteiger partial charge in [0, 0.05) is 37.7 Å². The van der Waals surface area contributed by atoms with Gasteiger partial charge in [-0.25, -0.2) is 0 Å². The minimum Gasteiger partial charge on any atom is -0.494 e. The van der Waals surface area contributed by atoms with E-state index >= 15 is 0 Å². The third-order valence-electron chi connectivity index (χ3n) is 4.79. The monoisotopic (exact) mass is 397 g/mol. The molecule has 6 heteroatoms. The van der Waals surface area contributed by atoms with Gasteiger partial charge in [0.2, 0.25) is 0 Å². The number of para-hydroxylation sites is 1. The van der Waals surface area contributed by atoms with Gasteiger partial charge in [-0.2, -0.15) is 0 Å². The Bertz CT molecular complexity index is 817. The Hall–Kier alpha value is -2.73. The van der Waals surface area contributed by atoms with E-state index in [9.17, 15) is 0 Å². The lowest BCUT2D eigenvalue weighted by Gasteiger charge is -2.18. The Morgan fingerprint density at radius 3 is 2.55 bits per heavy atom. The first kappa shape index (κ1) is 21.0. The van der Waals surface area contributed by atoms with E-state index in [1.807, 2.05) is 25.1 Å². The molecule has 0 aliphatic carbocycles. The molecule has 1 atom stereocenters. The second kappa shape index (κ2) is 10.7. The van der Waals surface area contributed by atoms with Gasteiger partial charge in [0.15, 0.2) is 5.96 Å². The van der Waals surface area contributed by atoms with Gasteiger partial charge in [-0.05, 0) is 31.5 Å². The summed E-state index contributed by atoms with van der Waals surface area (Å²) in [6, 6.07) is 14.3. The average Bonchev–Trinajstić information content (AvgIpc) is 3.24. The van der Waals surface area contributed by atoms with Crippen LogP contribution >= 0.6 is 0 Å². The molecule has 1 unspecified atom stereocenters. The van der Waals surface area contributed by atoms with Crippen LogP contribution in [0.1, 0.15) is 30.0 Å². The molecule has 1 saturated heterocycles. The molecular formula is C23H31N3O3. The van der Waals surface area contributed by atoms with Crippen LogP contribution in [-0.4, -0.2) is 38.9 Å². The molecule has 0 spiro atoms. The van der Waals surface area contributed by atoms with E-state index in [4.69, 9.17) is 14.2 Å². The zero-order valence-electron chi connectivity index (χ0n) is 17.5. The van der Waals surface area contributed by atoms with E-state index in [-0.39, 0.29) is 6.10 Å². The fourth-order valence-corrected chi connectivity index (χ4v) is 3.23. The topological polar surface area (TPSA) is 64.1 Å². The largest absolute Gasteiger partial charge is 0.494 e. The molecule has 0 aromatic heterocycles. The van der Waals surface area contributed by atoms with Crippen molar-refractivity contribution >= 4 is 5.96 Å². The van der Waals surface area contributed by atoms with Gasteiger partial charge < -0.3 is 24.8 Å². The standard InChI is InChI=1S/C23H31N3O3/c1-4-28-21-8-6-5-7-18(21)14-25-23(24-3)26-15-19-10-9-17(2)13-22(19)29-20-11-12-27-16-20/h5-10,13,20H,4,11-12,14-16H2,1-3H3,(H2,24,25,26). The van der Waals surface area contributed by atoms with Crippen molar-refractivity contribution in [3.63, 3.8) is 0 Å². The minimum absolute atomic E-state index is 0.128. The van der Waals surface area contributed by atoms with Gasteiger partial charge in [0.1, 0.15) is 17.6 Å². The van der Waals surface area contributed by atoms with E-state index in [0.717, 1.165) is 41.6 Å². The van der Waals surface area contributed by atoms with Crippen LogP contribution in [-0.2, 0) is 17.8 Å². The molecule has 29 heavy (non-hydrogen) atoms. The molecule has 1 fully saturated rings. The van der Waals surface area contributed by atoms with E-state index < -0.39 is 0 Å². The number of hydrogen-bond acceptors (Lipinski definition) is 4. The van der Waals surface area contributed by atoms with Crippen LogP contribution in [0.4, 0.5) is 0 Å². The van der Waals surface area contributed by atoms with Crippen molar-refractivity contribution in [3.8, 4) is 11.5 Å². The van der Waals surface area contributed by atoms with Crippen LogP contribution in [0.15, 0.2) is 47.5 Å². The molecule has 1 aliphatic heterocycles. The first-order valence-corrected chi connectivity index (χ1v) is 10.2. The van der Waals surface area contributed by atoms with Crippen molar-refractivity contribution in [3.05, 3.63) is 59.2 Å². The predicted octanol–water partition coefficient (Wildman–Crippen LogP) is 3.43. The van der Waals surface area contributed by atoms with Crippen molar-refractivity contribution in [1.29, 1.82) is 0 Å². The summed E-state index contributed by atoms with van der Waals surface area (Å²) in [5, 5.41) is 6.74. The highest BCUT2D eigenvalue weighted by Crippen LogP contribution is 2.24. The average molecular weight is 398 g/mol. The highest BCUT2D eigenvalue weighted by Gasteiger charge is 2.18. The summed E-state index contributed by atoms with van der Waals surface area (Å²) in [5.74, 6) is 2.53. The molecular weight excluding hydrogens is 366 g/mol. The molecule has 0 saturated carbocycles. The first-order valence-electron chi connectivity index (χ1n) is 10.2. The highest BCUT2D eigenvalue weighted by atomic mass is 16.5. The van der Waals surface area contributed by atoms with Crippen LogP contribution in [0.25, 0.3) is 0 Å². The summed E-state index contributed by atoms with van der Waals surface area (Å²) >= 11 is 0. The fraction of sp³-hybridized carbons (Fsp3) is 0.435. The van der Waals surface area contributed by atoms with E-state index in [1.165, 1.54) is 5.56 Å². The summed E-state index contributed by atoms with van der Waals surface area (Å²) in [6.07, 6.45) is 1.06. The molecule has 0 radical (unpaired) electrons. The fourth-order valence-electron chi connectivity index (χ4n) is 3.23. The molecule has 2 N–H and O–H groups in total. The smallest absolute Gasteiger partial charge is 0.191 e. The second-order valence-electron chi connectivity index (χ2n) is 7.03. The van der Waals surface area contributed by atoms with Crippen LogP contribution in [0.3, 0.4) is 0 Å². The summed E-state index contributed by atoms with van der Waals surface area (Å²) < 4.78 is 17.3. The lowest BCUT2D eigenvalue weighted by Crippen LogP contribution is -2.36. The van der Waals surface area contributed by atoms with Gasteiger partial charge >= 0.3 is 0 Å². The molecule has 1 heterocycles. The van der Waals surface area contributed by atoms with Crippen molar-refractivity contribution in [2.75, 3.05) is 26.9 Å². The Labute approximate surface area is 173 Å². The van der Waals surface area contributed by atoms with Crippen molar-refractivity contribution in [2.45, 2.75) is 39.5 Å². The third-order valence-corrected chi connectivity index (χ3v) is 4.79. The molecule has 6 nitrogen and oxygen atoms in total. The third kappa shape index (κ3) is 6.12. The Morgan fingerprint density at radius 2 is 1.86 bits per heavy atom. The molecule has 2 aromatic rings. The number of nitrogens with zero attached hydrogens (tertiary/aromatic N) is 1. The summed E-state index contributed by atoms with van der Waals surface area (Å²) in [4.78, 5) is 4.34. The maximum absolute atomic E-state index is 6.18. The Balaban J connectivity index is 1.59. The molecule has 0 amide bonds. The van der Waals surface area contributed by atoms with E-state index in [0.29, 0.717) is 26.3 Å². The number of nitrogens with one attached hydrogen (secondary N) is 2. The van der Waals surface area contributed by atoms with Crippen LogP contribution in [0, 0.1) is 6.92 Å². The molecule has 156 valence electrons. The van der Waals surface area contributed by atoms with Gasteiger partial charge in [-0.3, -0.25) is 4.99 Å². The van der Waals surface area contributed by atoms with Crippen molar-refractivity contribution < 1.29 is 14.2 Å². The molecule has 3 rings (SSSR count). The zero-order chi connectivity index (χ0) is 20.5. The summed E-state index contributed by atoms with van der Waals surface area (Å²) in [6.45, 7) is 7.39. The van der Waals surface area contributed by atoms with Crippen molar-refractivity contribution in [1.82, 2.24) is 10.6 Å². The lowest BCUT2D eigenvalue weighted by atomic mass is 10.1. The number of ether oxygens (including phenoxy) is 3. The van der Waals surface area contributed by atoms with Gasteiger partial charge in [0.25, 0.3) is 0 Å². The summed E-state index contributed by atoms with van der Waals surface area (Å²) in [5.41, 5.74) is 3.37. The molecule has 0 bridgehead atoms. The van der Waals surface area contributed by atoms with Gasteiger partial charge in [-0.1, -0.05) is 30.3 Å². The number of benzene rings is 2. The Kier molecular flexibility index (Phi) is 7.76. The quantitative estimate of drug-likeness (QED) is 0.528. The number of guanidine groups is 1. The van der Waals surface area contributed by atoms with Crippen LogP contribution in [0.2, 0.25) is 0 Å². The van der Waals surface area contributed by atoms with Gasteiger partial charge in [0.05, 0.1) is 19.8 Å². The Morgan fingerprint density at radius 1 is 1.10 bits per heavy atom. The zero-order valence-corrected chi connectivity index (χ0v) is 17.5. The predicted molar refractivity (Wildman–Crippen MR) is 116 cm³/mol. The summed E-state index contributed by atoms with van der Waals surface area (Å²) in [7, 11) is 1.77. The maximum atomic E-state index is 6.18. The maximum Gasteiger partial charge on any atom is 0.191 e. The number of aryl methyl sites for hydroxylation is 1. The van der Waals surface area contributed by atoms with Crippen molar-refractivity contribution in [2.24, 2.45) is 4.99 Å².